The lowest BCUT2D eigenvalue weighted by atomic mass is 10.2. The molecule has 3 heterocycles. The van der Waals surface area contributed by atoms with Gasteiger partial charge in [-0.25, -0.2) is 4.98 Å². The molecule has 1 amide bonds. The number of nitrogens with zero attached hydrogens (tertiary/aromatic N) is 4. The largest absolute Gasteiger partial charge is 0.354 e. The van der Waals surface area contributed by atoms with Crippen LogP contribution in [0.2, 0.25) is 0 Å². The number of hydrogen-bond acceptors (Lipinski definition) is 6. The summed E-state index contributed by atoms with van der Waals surface area (Å²) in [5, 5.41) is 7.00. The zero-order chi connectivity index (χ0) is 15.8. The Kier molecular flexibility index (Phi) is 3.48. The monoisotopic (exact) mass is 313 g/mol. The highest BCUT2D eigenvalue weighted by molar-refractivity contribution is 5.81. The van der Waals surface area contributed by atoms with Gasteiger partial charge in [-0.05, 0) is 38.3 Å². The summed E-state index contributed by atoms with van der Waals surface area (Å²) in [6, 6.07) is 3.98. The van der Waals surface area contributed by atoms with Crippen LogP contribution in [0.1, 0.15) is 25.1 Å². The van der Waals surface area contributed by atoms with E-state index in [4.69, 9.17) is 4.52 Å². The summed E-state index contributed by atoms with van der Waals surface area (Å²) in [6.45, 7) is 3.41. The molecule has 1 atom stereocenters. The van der Waals surface area contributed by atoms with E-state index in [0.717, 1.165) is 43.7 Å². The molecule has 2 fully saturated rings. The zero-order valence-corrected chi connectivity index (χ0v) is 13.0. The number of pyridine rings is 1. The Morgan fingerprint density at radius 3 is 3.00 bits per heavy atom. The summed E-state index contributed by atoms with van der Waals surface area (Å²) < 4.78 is 5.28. The van der Waals surface area contributed by atoms with Crippen LogP contribution in [0.25, 0.3) is 11.5 Å². The minimum atomic E-state index is 0.183. The lowest BCUT2D eigenvalue weighted by Crippen LogP contribution is -2.38. The highest BCUT2D eigenvalue weighted by atomic mass is 16.5. The molecule has 2 aromatic heterocycles. The van der Waals surface area contributed by atoms with Gasteiger partial charge in [-0.2, -0.15) is 4.98 Å². The molecule has 1 saturated heterocycles. The van der Waals surface area contributed by atoms with Crippen LogP contribution in [-0.2, 0) is 4.79 Å². The van der Waals surface area contributed by atoms with Gasteiger partial charge in [0.25, 0.3) is 5.89 Å². The first kappa shape index (κ1) is 14.2. The van der Waals surface area contributed by atoms with Gasteiger partial charge in [0.05, 0.1) is 5.56 Å². The fourth-order valence-electron chi connectivity index (χ4n) is 2.96. The van der Waals surface area contributed by atoms with E-state index >= 15 is 0 Å². The molecular formula is C16H19N5O2. The topological polar surface area (TPSA) is 84.2 Å². The van der Waals surface area contributed by atoms with Crippen LogP contribution in [0.5, 0.6) is 0 Å². The molecule has 0 spiro atoms. The average molecular weight is 313 g/mol. The van der Waals surface area contributed by atoms with Crippen molar-refractivity contribution < 1.29 is 9.32 Å². The van der Waals surface area contributed by atoms with E-state index in [1.165, 1.54) is 0 Å². The number of rotatable bonds is 4. The second-order valence-corrected chi connectivity index (χ2v) is 6.24. The third-order valence-corrected chi connectivity index (χ3v) is 4.33. The Morgan fingerprint density at radius 1 is 1.39 bits per heavy atom. The fraction of sp³-hybridized carbons (Fsp3) is 0.500. The molecule has 1 aliphatic carbocycles. The van der Waals surface area contributed by atoms with Crippen LogP contribution >= 0.6 is 0 Å². The lowest BCUT2D eigenvalue weighted by molar-refractivity contribution is -0.122. The number of aryl methyl sites for hydroxylation is 1. The van der Waals surface area contributed by atoms with Crippen molar-refractivity contribution in [1.29, 1.82) is 0 Å². The average Bonchev–Trinajstić information content (AvgIpc) is 3.17. The van der Waals surface area contributed by atoms with Crippen molar-refractivity contribution in [2.24, 2.45) is 5.92 Å². The molecule has 4 rings (SSSR count). The predicted molar refractivity (Wildman–Crippen MR) is 83.8 cm³/mol. The van der Waals surface area contributed by atoms with Gasteiger partial charge in [0.15, 0.2) is 5.82 Å². The van der Waals surface area contributed by atoms with Crippen LogP contribution < -0.4 is 10.2 Å². The van der Waals surface area contributed by atoms with Gasteiger partial charge in [-0.3, -0.25) is 4.79 Å². The maximum absolute atomic E-state index is 11.9. The molecule has 1 aliphatic heterocycles. The van der Waals surface area contributed by atoms with Crippen molar-refractivity contribution in [3.05, 3.63) is 24.2 Å². The Hall–Kier alpha value is -2.44. The van der Waals surface area contributed by atoms with Gasteiger partial charge >= 0.3 is 0 Å². The molecule has 0 radical (unpaired) electrons. The Balaban J connectivity index is 1.51. The molecule has 1 unspecified atom stereocenters. The van der Waals surface area contributed by atoms with Gasteiger partial charge in [0, 0.05) is 31.2 Å². The van der Waals surface area contributed by atoms with E-state index in [0.29, 0.717) is 11.7 Å². The highest BCUT2D eigenvalue weighted by Gasteiger charge is 2.33. The fourth-order valence-corrected chi connectivity index (χ4v) is 2.96. The smallest absolute Gasteiger partial charge is 0.261 e. The van der Waals surface area contributed by atoms with Crippen LogP contribution in [0.15, 0.2) is 22.9 Å². The van der Waals surface area contributed by atoms with E-state index in [-0.39, 0.29) is 17.9 Å². The van der Waals surface area contributed by atoms with Crippen molar-refractivity contribution >= 4 is 11.7 Å². The third-order valence-electron chi connectivity index (χ3n) is 4.33. The van der Waals surface area contributed by atoms with Crippen molar-refractivity contribution in [1.82, 2.24) is 20.4 Å². The van der Waals surface area contributed by atoms with Gasteiger partial charge in [0.2, 0.25) is 5.91 Å². The summed E-state index contributed by atoms with van der Waals surface area (Å²) in [6.07, 6.45) is 4.75. The van der Waals surface area contributed by atoms with Gasteiger partial charge in [-0.15, -0.1) is 0 Å². The maximum atomic E-state index is 11.9. The van der Waals surface area contributed by atoms with E-state index in [1.807, 2.05) is 12.1 Å². The van der Waals surface area contributed by atoms with E-state index in [1.54, 1.807) is 13.1 Å². The first-order chi connectivity index (χ1) is 11.2. The van der Waals surface area contributed by atoms with Crippen LogP contribution in [0, 0.1) is 12.8 Å². The van der Waals surface area contributed by atoms with Crippen molar-refractivity contribution in [2.45, 2.75) is 32.2 Å². The first-order valence-corrected chi connectivity index (χ1v) is 8.02. The normalized spacial score (nSPS) is 20.7. The summed E-state index contributed by atoms with van der Waals surface area (Å²) in [5.74, 6) is 2.36. The molecule has 0 bridgehead atoms. The standard InChI is InChI=1S/C16H19N5O2/c1-10-18-16(23-20-10)13-3-2-7-17-14(13)21-8-6-12(9-21)19-15(22)11-4-5-11/h2-3,7,11-12H,4-6,8-9H2,1H3,(H,19,22). The summed E-state index contributed by atoms with van der Waals surface area (Å²) in [7, 11) is 0. The molecule has 0 aromatic carbocycles. The molecule has 7 heteroatoms. The van der Waals surface area contributed by atoms with Crippen molar-refractivity contribution in [2.75, 3.05) is 18.0 Å². The quantitative estimate of drug-likeness (QED) is 0.922. The molecular weight excluding hydrogens is 294 g/mol. The van der Waals surface area contributed by atoms with Crippen LogP contribution in [0.3, 0.4) is 0 Å². The first-order valence-electron chi connectivity index (χ1n) is 8.02. The predicted octanol–water partition coefficient (Wildman–Crippen LogP) is 1.54. The number of nitrogens with one attached hydrogen (secondary N) is 1. The lowest BCUT2D eigenvalue weighted by Gasteiger charge is -2.19. The Labute approximate surface area is 134 Å². The number of carbonyl (C=O) groups is 1. The van der Waals surface area contributed by atoms with Gasteiger partial charge < -0.3 is 14.7 Å². The summed E-state index contributed by atoms with van der Waals surface area (Å²) in [4.78, 5) is 22.9. The second-order valence-electron chi connectivity index (χ2n) is 6.24. The van der Waals surface area contributed by atoms with E-state index in [2.05, 4.69) is 25.3 Å². The minimum Gasteiger partial charge on any atom is -0.354 e. The van der Waals surface area contributed by atoms with Crippen LogP contribution in [-0.4, -0.2) is 40.2 Å². The Bertz CT molecular complexity index is 725. The SMILES string of the molecule is Cc1noc(-c2cccnc2N2CCC(NC(=O)C3CC3)C2)n1. The van der Waals surface area contributed by atoms with Crippen molar-refractivity contribution in [3.63, 3.8) is 0 Å². The van der Waals surface area contributed by atoms with Crippen LogP contribution in [0.4, 0.5) is 5.82 Å². The molecule has 1 saturated carbocycles. The van der Waals surface area contributed by atoms with Gasteiger partial charge in [-0.1, -0.05) is 5.16 Å². The molecule has 2 aliphatic rings. The zero-order valence-electron chi connectivity index (χ0n) is 13.0. The maximum Gasteiger partial charge on any atom is 0.261 e. The molecule has 23 heavy (non-hydrogen) atoms. The number of carbonyl (C=O) groups excluding carboxylic acids is 1. The molecule has 1 N–H and O–H groups in total. The summed E-state index contributed by atoms with van der Waals surface area (Å²) >= 11 is 0. The Morgan fingerprint density at radius 2 is 2.26 bits per heavy atom. The number of amides is 1. The van der Waals surface area contributed by atoms with Gasteiger partial charge in [0.1, 0.15) is 5.82 Å². The molecule has 2 aromatic rings. The van der Waals surface area contributed by atoms with E-state index < -0.39 is 0 Å². The second kappa shape index (κ2) is 5.64. The van der Waals surface area contributed by atoms with Crippen molar-refractivity contribution in [3.8, 4) is 11.5 Å². The number of anilines is 1. The van der Waals surface area contributed by atoms with E-state index in [9.17, 15) is 4.79 Å². The number of aromatic nitrogens is 3. The molecule has 7 nitrogen and oxygen atoms in total. The highest BCUT2D eigenvalue weighted by Crippen LogP contribution is 2.31. The molecule has 120 valence electrons. The third kappa shape index (κ3) is 2.91. The summed E-state index contributed by atoms with van der Waals surface area (Å²) in [5.41, 5.74) is 0.835. The number of hydrogen-bond donors (Lipinski definition) is 1. The minimum absolute atomic E-state index is 0.183.